The Morgan fingerprint density at radius 3 is 3.11 bits per heavy atom. The molecular weight excluding hydrogens is 268 g/mol. The van der Waals surface area contributed by atoms with Gasteiger partial charge < -0.3 is 10.1 Å². The summed E-state index contributed by atoms with van der Waals surface area (Å²) in [5.41, 5.74) is 0. The highest BCUT2D eigenvalue weighted by atomic mass is 32.2. The Bertz CT molecular complexity index is 474. The van der Waals surface area contributed by atoms with Gasteiger partial charge in [0, 0.05) is 45.1 Å². The van der Waals surface area contributed by atoms with Crippen molar-refractivity contribution in [3.8, 4) is 0 Å². The second kappa shape index (κ2) is 6.47. The number of nitrogens with zero attached hydrogens (tertiary/aromatic N) is 2. The molecule has 1 aliphatic rings. The third-order valence-electron chi connectivity index (χ3n) is 3.28. The molecule has 19 heavy (non-hydrogen) atoms. The first-order valence-electron chi connectivity index (χ1n) is 6.45. The first-order chi connectivity index (χ1) is 9.12. The number of rotatable bonds is 6. The predicted molar refractivity (Wildman–Crippen MR) is 70.6 cm³/mol. The number of H-pyrrole nitrogens is 1. The Balaban J connectivity index is 1.83. The number of hydrogen-bond acceptors (Lipinski definition) is 4. The maximum Gasteiger partial charge on any atom is 0.279 e. The molecule has 1 fully saturated rings. The van der Waals surface area contributed by atoms with Crippen molar-refractivity contribution in [3.05, 3.63) is 18.2 Å². The van der Waals surface area contributed by atoms with Crippen LogP contribution in [0, 0.1) is 5.92 Å². The van der Waals surface area contributed by atoms with Crippen LogP contribution in [0.15, 0.2) is 12.4 Å². The fraction of sp³-hybridized carbons (Fsp3) is 0.727. The molecule has 1 unspecified atom stereocenters. The minimum absolute atomic E-state index is 0.0401. The molecule has 3 N–H and O–H groups in total. The van der Waals surface area contributed by atoms with Gasteiger partial charge >= 0.3 is 0 Å². The SMILES string of the molecule is O=S(=O)(NCCc1ncc[nH]1)N1CCCC(CO)C1. The van der Waals surface area contributed by atoms with Gasteiger partial charge in [0.05, 0.1) is 0 Å². The van der Waals surface area contributed by atoms with Crippen molar-refractivity contribution in [3.63, 3.8) is 0 Å². The van der Waals surface area contributed by atoms with Gasteiger partial charge in [-0.25, -0.2) is 9.71 Å². The molecule has 1 aliphatic heterocycles. The molecule has 0 spiro atoms. The molecule has 8 heteroatoms. The van der Waals surface area contributed by atoms with Gasteiger partial charge in [0.25, 0.3) is 10.2 Å². The van der Waals surface area contributed by atoms with Gasteiger partial charge in [-0.05, 0) is 18.8 Å². The molecule has 108 valence electrons. The van der Waals surface area contributed by atoms with Gasteiger partial charge in [-0.2, -0.15) is 12.7 Å². The molecule has 1 atom stereocenters. The van der Waals surface area contributed by atoms with Gasteiger partial charge in [0.2, 0.25) is 0 Å². The summed E-state index contributed by atoms with van der Waals surface area (Å²) in [6.07, 6.45) is 5.56. The molecule has 1 saturated heterocycles. The number of hydrogen-bond donors (Lipinski definition) is 3. The van der Waals surface area contributed by atoms with E-state index in [1.807, 2.05) is 0 Å². The minimum Gasteiger partial charge on any atom is -0.396 e. The van der Waals surface area contributed by atoms with E-state index in [1.165, 1.54) is 4.31 Å². The number of aliphatic hydroxyl groups excluding tert-OH is 1. The zero-order valence-electron chi connectivity index (χ0n) is 10.7. The summed E-state index contributed by atoms with van der Waals surface area (Å²) < 4.78 is 28.1. The Morgan fingerprint density at radius 2 is 2.42 bits per heavy atom. The van der Waals surface area contributed by atoms with Gasteiger partial charge in [-0.15, -0.1) is 0 Å². The highest BCUT2D eigenvalue weighted by Gasteiger charge is 2.28. The highest BCUT2D eigenvalue weighted by Crippen LogP contribution is 2.17. The molecule has 1 aromatic rings. The second-order valence-electron chi connectivity index (χ2n) is 4.73. The zero-order valence-corrected chi connectivity index (χ0v) is 11.6. The molecule has 0 bridgehead atoms. The molecule has 0 saturated carbocycles. The van der Waals surface area contributed by atoms with E-state index in [4.69, 9.17) is 5.11 Å². The zero-order chi connectivity index (χ0) is 13.7. The van der Waals surface area contributed by atoms with Crippen molar-refractivity contribution in [1.82, 2.24) is 19.0 Å². The Labute approximate surface area is 113 Å². The van der Waals surface area contributed by atoms with E-state index < -0.39 is 10.2 Å². The quantitative estimate of drug-likeness (QED) is 0.656. The molecule has 0 amide bonds. The van der Waals surface area contributed by atoms with Crippen molar-refractivity contribution >= 4 is 10.2 Å². The summed E-state index contributed by atoms with van der Waals surface area (Å²) >= 11 is 0. The van der Waals surface area contributed by atoms with Crippen molar-refractivity contribution in [1.29, 1.82) is 0 Å². The highest BCUT2D eigenvalue weighted by molar-refractivity contribution is 7.87. The van der Waals surface area contributed by atoms with E-state index in [9.17, 15) is 8.42 Å². The lowest BCUT2D eigenvalue weighted by molar-refractivity contribution is 0.165. The first-order valence-corrected chi connectivity index (χ1v) is 7.89. The van der Waals surface area contributed by atoms with Crippen LogP contribution in [0.2, 0.25) is 0 Å². The Hall–Kier alpha value is -0.960. The number of aromatic nitrogens is 2. The van der Waals surface area contributed by atoms with Crippen LogP contribution >= 0.6 is 0 Å². The fourth-order valence-corrected chi connectivity index (χ4v) is 3.54. The van der Waals surface area contributed by atoms with Crippen molar-refractivity contribution in [2.24, 2.45) is 5.92 Å². The molecule has 0 radical (unpaired) electrons. The lowest BCUT2D eigenvalue weighted by Gasteiger charge is -2.30. The van der Waals surface area contributed by atoms with E-state index in [-0.39, 0.29) is 12.5 Å². The summed E-state index contributed by atoms with van der Waals surface area (Å²) in [5, 5.41) is 9.12. The Kier molecular flexibility index (Phi) is 4.92. The standard InChI is InChI=1S/C11H20N4O3S/c16-9-10-2-1-7-15(8-10)19(17,18)14-4-3-11-12-5-6-13-11/h5-6,10,14,16H,1-4,7-9H2,(H,12,13). The second-order valence-corrected chi connectivity index (χ2v) is 6.49. The van der Waals surface area contributed by atoms with E-state index in [1.54, 1.807) is 12.4 Å². The van der Waals surface area contributed by atoms with Crippen LogP contribution in [0.1, 0.15) is 18.7 Å². The van der Waals surface area contributed by atoms with Crippen LogP contribution in [-0.4, -0.2) is 54.0 Å². The van der Waals surface area contributed by atoms with Gasteiger partial charge in [-0.1, -0.05) is 0 Å². The number of imidazole rings is 1. The van der Waals surface area contributed by atoms with Crippen LogP contribution in [0.25, 0.3) is 0 Å². The average Bonchev–Trinajstić information content (AvgIpc) is 2.92. The third-order valence-corrected chi connectivity index (χ3v) is 4.86. The van der Waals surface area contributed by atoms with E-state index >= 15 is 0 Å². The van der Waals surface area contributed by atoms with E-state index in [0.29, 0.717) is 26.1 Å². The number of aromatic amines is 1. The summed E-state index contributed by atoms with van der Waals surface area (Å²) in [4.78, 5) is 6.96. The molecule has 0 aliphatic carbocycles. The van der Waals surface area contributed by atoms with Crippen molar-refractivity contribution < 1.29 is 13.5 Å². The Morgan fingerprint density at radius 1 is 1.58 bits per heavy atom. The lowest BCUT2D eigenvalue weighted by atomic mass is 10.0. The van der Waals surface area contributed by atoms with Gasteiger partial charge in [0.15, 0.2) is 0 Å². The summed E-state index contributed by atoms with van der Waals surface area (Å²) in [6, 6.07) is 0. The molecule has 1 aromatic heterocycles. The van der Waals surface area contributed by atoms with Crippen LogP contribution < -0.4 is 4.72 Å². The number of piperidine rings is 1. The molecular formula is C11H20N4O3S. The fourth-order valence-electron chi connectivity index (χ4n) is 2.22. The molecule has 2 rings (SSSR count). The lowest BCUT2D eigenvalue weighted by Crippen LogP contribution is -2.47. The normalized spacial score (nSPS) is 21.6. The van der Waals surface area contributed by atoms with Crippen LogP contribution in [-0.2, 0) is 16.6 Å². The number of aliphatic hydroxyl groups is 1. The van der Waals surface area contributed by atoms with Gasteiger partial charge in [0.1, 0.15) is 5.82 Å². The summed E-state index contributed by atoms with van der Waals surface area (Å²) in [7, 11) is -3.45. The summed E-state index contributed by atoms with van der Waals surface area (Å²) in [6.45, 7) is 1.27. The predicted octanol–water partition coefficient (Wildman–Crippen LogP) is -0.509. The smallest absolute Gasteiger partial charge is 0.279 e. The largest absolute Gasteiger partial charge is 0.396 e. The number of nitrogens with one attached hydrogen (secondary N) is 2. The van der Waals surface area contributed by atoms with Crippen LogP contribution in [0.5, 0.6) is 0 Å². The van der Waals surface area contributed by atoms with Crippen LogP contribution in [0.4, 0.5) is 0 Å². The van der Waals surface area contributed by atoms with Crippen molar-refractivity contribution in [2.75, 3.05) is 26.2 Å². The van der Waals surface area contributed by atoms with Crippen LogP contribution in [0.3, 0.4) is 0 Å². The average molecular weight is 288 g/mol. The topological polar surface area (TPSA) is 98.3 Å². The van der Waals surface area contributed by atoms with Crippen molar-refractivity contribution in [2.45, 2.75) is 19.3 Å². The minimum atomic E-state index is -3.45. The van der Waals surface area contributed by atoms with E-state index in [2.05, 4.69) is 14.7 Å². The molecule has 7 nitrogen and oxygen atoms in total. The maximum absolute atomic E-state index is 12.1. The summed E-state index contributed by atoms with van der Waals surface area (Å²) in [5.74, 6) is 0.810. The van der Waals surface area contributed by atoms with Gasteiger partial charge in [-0.3, -0.25) is 0 Å². The molecule has 0 aromatic carbocycles. The first kappa shape index (κ1) is 14.4. The molecule has 2 heterocycles. The van der Waals surface area contributed by atoms with E-state index in [0.717, 1.165) is 18.7 Å². The third kappa shape index (κ3) is 4.00. The maximum atomic E-state index is 12.1. The monoisotopic (exact) mass is 288 g/mol.